The molecule has 0 aliphatic carbocycles. The summed E-state index contributed by atoms with van der Waals surface area (Å²) in [6, 6.07) is -1.00. The maximum absolute atomic E-state index is 11.6. The number of carbonyl (C=O) groups excluding carboxylic acids is 3. The van der Waals surface area contributed by atoms with E-state index < -0.39 is 16.8 Å². The average Bonchev–Trinajstić information content (AvgIpc) is 2.91. The van der Waals surface area contributed by atoms with Crippen molar-refractivity contribution >= 4 is 29.4 Å². The van der Waals surface area contributed by atoms with Crippen LogP contribution in [0.2, 0.25) is 0 Å². The summed E-state index contributed by atoms with van der Waals surface area (Å²) in [6.07, 6.45) is 1.83. The first-order valence-corrected chi connectivity index (χ1v) is 7.31. The average molecular weight is 332 g/mol. The number of thioether (sulfide) groups is 1. The van der Waals surface area contributed by atoms with Crippen molar-refractivity contribution in [1.82, 2.24) is 19.9 Å². The Labute approximate surface area is 152 Å². The quantitative estimate of drug-likeness (QED) is 0.312. The van der Waals surface area contributed by atoms with Crippen molar-refractivity contribution in [3.8, 4) is 0 Å². The van der Waals surface area contributed by atoms with Crippen molar-refractivity contribution < 1.29 is 49.0 Å². The number of β-lactam (4-membered cyclic amide) rings is 1. The van der Waals surface area contributed by atoms with Gasteiger partial charge in [-0.2, -0.15) is 0 Å². The second-order valence-electron chi connectivity index (χ2n) is 5.47. The Kier molecular flexibility index (Phi) is 4.72. The summed E-state index contributed by atoms with van der Waals surface area (Å²) in [5.41, 5.74) is 0.228. The molecule has 0 saturated carbocycles. The SMILES string of the molecule is CC(=O)c1cn(C[C@]2(C)S[C@@H]3CC(=O)N3[C@H]2C(=O)[O-])nn1.[Na+]. The number of amides is 1. The van der Waals surface area contributed by atoms with E-state index in [0.29, 0.717) is 6.42 Å². The van der Waals surface area contributed by atoms with E-state index in [2.05, 4.69) is 10.3 Å². The maximum Gasteiger partial charge on any atom is 1.00 e. The number of fused-ring (bicyclic) bond motifs is 1. The van der Waals surface area contributed by atoms with Gasteiger partial charge >= 0.3 is 29.6 Å². The third-order valence-corrected chi connectivity index (χ3v) is 5.36. The van der Waals surface area contributed by atoms with Gasteiger partial charge in [0.15, 0.2) is 5.78 Å². The third kappa shape index (κ3) is 2.70. The molecule has 2 saturated heterocycles. The summed E-state index contributed by atoms with van der Waals surface area (Å²) in [5.74, 6) is -1.65. The van der Waals surface area contributed by atoms with Gasteiger partial charge in [0, 0.05) is 6.92 Å². The molecule has 2 aliphatic heterocycles. The van der Waals surface area contributed by atoms with Crippen molar-refractivity contribution in [2.75, 3.05) is 0 Å². The van der Waals surface area contributed by atoms with Crippen LogP contribution in [0, 0.1) is 0 Å². The Morgan fingerprint density at radius 1 is 1.55 bits per heavy atom. The molecule has 8 nitrogen and oxygen atoms in total. The number of hydrogen-bond donors (Lipinski definition) is 0. The molecule has 112 valence electrons. The topological polar surface area (TPSA) is 108 Å². The van der Waals surface area contributed by atoms with Gasteiger partial charge < -0.3 is 14.8 Å². The first-order chi connectivity index (χ1) is 9.82. The minimum Gasteiger partial charge on any atom is -0.548 e. The molecule has 0 N–H and O–H groups in total. The fourth-order valence-electron chi connectivity index (χ4n) is 2.82. The Bertz CT molecular complexity index is 651. The first kappa shape index (κ1) is 17.5. The number of nitrogens with zero attached hydrogens (tertiary/aromatic N) is 4. The van der Waals surface area contributed by atoms with E-state index >= 15 is 0 Å². The molecule has 3 rings (SSSR count). The number of aliphatic carboxylic acids is 1. The number of carboxylic acid groups (broad SMARTS) is 1. The zero-order valence-corrected chi connectivity index (χ0v) is 15.3. The molecule has 1 aromatic heterocycles. The molecule has 1 aromatic rings. The van der Waals surface area contributed by atoms with Crippen molar-refractivity contribution in [2.45, 2.75) is 43.0 Å². The van der Waals surface area contributed by atoms with E-state index in [9.17, 15) is 19.5 Å². The molecule has 0 spiro atoms. The molecule has 3 heterocycles. The number of carbonyl (C=O) groups is 3. The fourth-order valence-corrected chi connectivity index (χ4v) is 4.57. The summed E-state index contributed by atoms with van der Waals surface area (Å²) in [7, 11) is 0. The van der Waals surface area contributed by atoms with Gasteiger partial charge in [-0.3, -0.25) is 14.3 Å². The zero-order chi connectivity index (χ0) is 15.4. The van der Waals surface area contributed by atoms with Gasteiger partial charge in [0.05, 0.1) is 41.3 Å². The van der Waals surface area contributed by atoms with Crippen LogP contribution in [0.5, 0.6) is 0 Å². The standard InChI is InChI=1S/C12H14N4O4S.Na/c1-6(17)7-4-15(14-13-7)5-12(2)10(11(19)20)16-8(18)3-9(16)21-12;/h4,9-10H,3,5H2,1-2H3,(H,19,20);/q;+1/p-1/t9-,10+,12+;/m1./s1. The molecule has 2 fully saturated rings. The van der Waals surface area contributed by atoms with Gasteiger partial charge in [-0.15, -0.1) is 16.9 Å². The first-order valence-electron chi connectivity index (χ1n) is 6.43. The van der Waals surface area contributed by atoms with Crippen LogP contribution in [0.15, 0.2) is 6.20 Å². The van der Waals surface area contributed by atoms with Crippen LogP contribution >= 0.6 is 11.8 Å². The second-order valence-corrected chi connectivity index (χ2v) is 7.18. The van der Waals surface area contributed by atoms with Crippen molar-refractivity contribution in [1.29, 1.82) is 0 Å². The Balaban J connectivity index is 0.00000176. The number of rotatable bonds is 4. The Hall–Kier alpha value is -0.900. The number of carboxylic acids is 1. The summed E-state index contributed by atoms with van der Waals surface area (Å²) in [4.78, 5) is 35.6. The molecular weight excluding hydrogens is 319 g/mol. The number of ketones is 1. The minimum atomic E-state index is -1.27. The molecular formula is C12H13N4NaO4S. The molecule has 10 heteroatoms. The van der Waals surface area contributed by atoms with Crippen LogP contribution in [0.3, 0.4) is 0 Å². The van der Waals surface area contributed by atoms with E-state index in [1.807, 2.05) is 0 Å². The Morgan fingerprint density at radius 3 is 2.73 bits per heavy atom. The van der Waals surface area contributed by atoms with Crippen LogP contribution in [-0.4, -0.2) is 53.7 Å². The molecule has 3 atom stereocenters. The van der Waals surface area contributed by atoms with Gasteiger partial charge in [0.1, 0.15) is 5.69 Å². The van der Waals surface area contributed by atoms with Crippen LogP contribution in [-0.2, 0) is 16.1 Å². The van der Waals surface area contributed by atoms with Gasteiger partial charge in [0.2, 0.25) is 5.91 Å². The van der Waals surface area contributed by atoms with Crippen molar-refractivity contribution in [2.24, 2.45) is 0 Å². The molecule has 0 radical (unpaired) electrons. The maximum atomic E-state index is 11.6. The van der Waals surface area contributed by atoms with E-state index in [0.717, 1.165) is 0 Å². The molecule has 1 amide bonds. The van der Waals surface area contributed by atoms with Crippen molar-refractivity contribution in [3.63, 3.8) is 0 Å². The third-order valence-electron chi connectivity index (χ3n) is 3.81. The van der Waals surface area contributed by atoms with Gasteiger partial charge in [-0.05, 0) is 6.92 Å². The zero-order valence-electron chi connectivity index (χ0n) is 12.5. The van der Waals surface area contributed by atoms with E-state index in [4.69, 9.17) is 0 Å². The fraction of sp³-hybridized carbons (Fsp3) is 0.583. The number of hydrogen-bond acceptors (Lipinski definition) is 7. The minimum absolute atomic E-state index is 0. The van der Waals surface area contributed by atoms with Crippen LogP contribution < -0.4 is 34.7 Å². The molecule has 2 aliphatic rings. The summed E-state index contributed by atoms with van der Waals surface area (Å²) < 4.78 is 0.674. The monoisotopic (exact) mass is 332 g/mol. The van der Waals surface area contributed by atoms with Crippen LogP contribution in [0.4, 0.5) is 0 Å². The number of aromatic nitrogens is 3. The van der Waals surface area contributed by atoms with Gasteiger partial charge in [0.25, 0.3) is 0 Å². The smallest absolute Gasteiger partial charge is 0.548 e. The van der Waals surface area contributed by atoms with Crippen molar-refractivity contribution in [3.05, 3.63) is 11.9 Å². The molecule has 0 unspecified atom stereocenters. The Morgan fingerprint density at radius 2 is 2.23 bits per heavy atom. The normalized spacial score (nSPS) is 29.5. The predicted octanol–water partition coefficient (Wildman–Crippen LogP) is -4.33. The summed E-state index contributed by atoms with van der Waals surface area (Å²) in [6.45, 7) is 3.38. The summed E-state index contributed by atoms with van der Waals surface area (Å²) in [5, 5.41) is 18.9. The summed E-state index contributed by atoms with van der Waals surface area (Å²) >= 11 is 1.43. The second kappa shape index (κ2) is 5.95. The predicted molar refractivity (Wildman–Crippen MR) is 70.1 cm³/mol. The molecule has 0 aromatic carbocycles. The van der Waals surface area contributed by atoms with E-state index in [1.54, 1.807) is 6.92 Å². The van der Waals surface area contributed by atoms with Crippen LogP contribution in [0.1, 0.15) is 30.8 Å². The molecule has 22 heavy (non-hydrogen) atoms. The number of Topliss-reactive ketones (excluding diaryl/α,β-unsaturated/α-hetero) is 1. The largest absolute Gasteiger partial charge is 1.00 e. The van der Waals surface area contributed by atoms with E-state index in [-0.39, 0.29) is 58.9 Å². The van der Waals surface area contributed by atoms with Gasteiger partial charge in [-0.25, -0.2) is 0 Å². The van der Waals surface area contributed by atoms with Gasteiger partial charge in [-0.1, -0.05) is 5.21 Å². The molecule has 0 bridgehead atoms. The van der Waals surface area contributed by atoms with Crippen LogP contribution in [0.25, 0.3) is 0 Å². The van der Waals surface area contributed by atoms with E-state index in [1.165, 1.54) is 34.5 Å².